The van der Waals surface area contributed by atoms with Crippen LogP contribution < -0.4 is 11.1 Å². The van der Waals surface area contributed by atoms with Gasteiger partial charge in [-0.2, -0.15) is 10.4 Å². The smallest absolute Gasteiger partial charge is 0.323 e. The topological polar surface area (TPSA) is 200 Å². The van der Waals surface area contributed by atoms with Gasteiger partial charge in [0, 0.05) is 13.5 Å². The van der Waals surface area contributed by atoms with E-state index in [0.717, 1.165) is 25.7 Å². The second-order valence-corrected chi connectivity index (χ2v) is 12.0. The molecule has 234 valence electrons. The molecular weight excluding hydrogens is 560 g/mol. The highest BCUT2D eigenvalue weighted by molar-refractivity contribution is 5.98. The first-order chi connectivity index (χ1) is 20.3. The molecule has 2 aromatic heterocycles. The van der Waals surface area contributed by atoms with Gasteiger partial charge >= 0.3 is 11.9 Å². The Morgan fingerprint density at radius 2 is 2.00 bits per heavy atom. The molecule has 14 nitrogen and oxygen atoms in total. The normalized spacial score (nSPS) is 25.0. The van der Waals surface area contributed by atoms with Crippen molar-refractivity contribution in [3.63, 3.8) is 0 Å². The van der Waals surface area contributed by atoms with E-state index in [1.54, 1.807) is 33.8 Å². The lowest BCUT2D eigenvalue weighted by Gasteiger charge is -2.26. The van der Waals surface area contributed by atoms with Gasteiger partial charge in [0.05, 0.1) is 5.69 Å². The van der Waals surface area contributed by atoms with Crippen molar-refractivity contribution in [1.29, 1.82) is 5.26 Å². The number of carbonyl (C=O) groups excluding carboxylic acids is 3. The summed E-state index contributed by atoms with van der Waals surface area (Å²) in [5, 5.41) is 28.9. The number of aromatic nitrogens is 3. The highest BCUT2D eigenvalue weighted by Gasteiger charge is 2.60. The molecule has 1 aliphatic carbocycles. The maximum absolute atomic E-state index is 12.9. The van der Waals surface area contributed by atoms with Crippen LogP contribution in [0.2, 0.25) is 0 Å². The number of nitrogens with one attached hydrogen (secondary N) is 1. The minimum Gasteiger partial charge on any atom is -0.463 e. The molecular formula is C29H40N6O8. The molecule has 2 fully saturated rings. The van der Waals surface area contributed by atoms with Gasteiger partial charge in [0.2, 0.25) is 5.60 Å². The quantitative estimate of drug-likeness (QED) is 0.315. The van der Waals surface area contributed by atoms with Crippen molar-refractivity contribution in [2.45, 2.75) is 95.4 Å². The van der Waals surface area contributed by atoms with E-state index in [2.05, 4.69) is 15.4 Å². The van der Waals surface area contributed by atoms with Crippen molar-refractivity contribution >= 4 is 29.2 Å². The number of rotatable bonds is 11. The maximum atomic E-state index is 12.9. The number of hydrogen-bond donors (Lipinski definition) is 3. The molecule has 4 rings (SSSR count). The van der Waals surface area contributed by atoms with Crippen molar-refractivity contribution in [1.82, 2.24) is 14.6 Å². The first-order valence-corrected chi connectivity index (χ1v) is 14.4. The number of esters is 2. The van der Waals surface area contributed by atoms with E-state index in [1.807, 2.05) is 6.07 Å². The Bertz CT molecular complexity index is 1380. The molecule has 2 aromatic rings. The SMILES string of the molecule is COC(C)(C)C(=O)Nc1ncnn2c([C@]3(C#N)O[C@H](COC(=O)CC4CCCC4)[C@@H](OC(=O)[C@@H](N)C(C)C)[C@H]3O)ccc12. The van der Waals surface area contributed by atoms with Crippen molar-refractivity contribution in [3.8, 4) is 6.07 Å². The zero-order chi connectivity index (χ0) is 31.5. The Morgan fingerprint density at radius 3 is 2.63 bits per heavy atom. The summed E-state index contributed by atoms with van der Waals surface area (Å²) in [6.45, 7) is 6.29. The van der Waals surface area contributed by atoms with Crippen molar-refractivity contribution < 1.29 is 38.4 Å². The van der Waals surface area contributed by atoms with Gasteiger partial charge in [0.1, 0.15) is 48.4 Å². The molecule has 0 aromatic carbocycles. The van der Waals surface area contributed by atoms with Crippen molar-refractivity contribution in [2.24, 2.45) is 17.6 Å². The number of nitrogens with zero attached hydrogens (tertiary/aromatic N) is 4. The lowest BCUT2D eigenvalue weighted by Crippen LogP contribution is -2.46. The molecule has 0 spiro atoms. The van der Waals surface area contributed by atoms with E-state index in [-0.39, 0.29) is 36.4 Å². The van der Waals surface area contributed by atoms with E-state index in [4.69, 9.17) is 24.7 Å². The molecule has 4 N–H and O–H groups in total. The Hall–Kier alpha value is -3.64. The number of nitriles is 1. The van der Waals surface area contributed by atoms with Crippen LogP contribution in [-0.2, 0) is 38.9 Å². The van der Waals surface area contributed by atoms with E-state index in [0.29, 0.717) is 5.52 Å². The fourth-order valence-corrected chi connectivity index (χ4v) is 5.27. The molecule has 43 heavy (non-hydrogen) atoms. The van der Waals surface area contributed by atoms with Gasteiger partial charge in [0.25, 0.3) is 5.91 Å². The molecule has 0 bridgehead atoms. The van der Waals surface area contributed by atoms with Crippen molar-refractivity contribution in [2.75, 3.05) is 19.0 Å². The van der Waals surface area contributed by atoms with Crippen LogP contribution in [0.15, 0.2) is 18.5 Å². The number of anilines is 1. The molecule has 3 heterocycles. The second-order valence-electron chi connectivity index (χ2n) is 12.0. The van der Waals surface area contributed by atoms with Crippen LogP contribution >= 0.6 is 0 Å². The van der Waals surface area contributed by atoms with Gasteiger partial charge in [-0.05, 0) is 50.7 Å². The van der Waals surface area contributed by atoms with Gasteiger partial charge in [-0.3, -0.25) is 14.4 Å². The largest absolute Gasteiger partial charge is 0.463 e. The Morgan fingerprint density at radius 1 is 1.30 bits per heavy atom. The molecule has 0 radical (unpaired) electrons. The number of aliphatic hydroxyl groups is 1. The lowest BCUT2D eigenvalue weighted by atomic mass is 9.92. The number of methoxy groups -OCH3 is 1. The third-order valence-corrected chi connectivity index (χ3v) is 8.30. The summed E-state index contributed by atoms with van der Waals surface area (Å²) in [7, 11) is 1.40. The fourth-order valence-electron chi connectivity index (χ4n) is 5.27. The van der Waals surface area contributed by atoms with Gasteiger partial charge in [-0.1, -0.05) is 26.7 Å². The number of carbonyl (C=O) groups is 3. The van der Waals surface area contributed by atoms with Gasteiger partial charge in [0.15, 0.2) is 11.9 Å². The zero-order valence-corrected chi connectivity index (χ0v) is 25.1. The monoisotopic (exact) mass is 600 g/mol. The van der Waals surface area contributed by atoms with Gasteiger partial charge < -0.3 is 35.1 Å². The van der Waals surface area contributed by atoms with Crippen LogP contribution in [-0.4, -0.2) is 81.2 Å². The number of aliphatic hydroxyl groups excluding tert-OH is 1. The van der Waals surface area contributed by atoms with Crippen LogP contribution in [0.3, 0.4) is 0 Å². The maximum Gasteiger partial charge on any atom is 0.323 e. The summed E-state index contributed by atoms with van der Waals surface area (Å²) in [6.07, 6.45) is 1.14. The zero-order valence-electron chi connectivity index (χ0n) is 25.1. The minimum absolute atomic E-state index is 0.0791. The predicted molar refractivity (Wildman–Crippen MR) is 151 cm³/mol. The number of amides is 1. The molecule has 1 saturated heterocycles. The van der Waals surface area contributed by atoms with Gasteiger partial charge in [-0.15, -0.1) is 0 Å². The summed E-state index contributed by atoms with van der Waals surface area (Å²) in [4.78, 5) is 42.4. The lowest BCUT2D eigenvalue weighted by molar-refractivity contribution is -0.162. The Balaban J connectivity index is 1.65. The molecule has 1 aliphatic heterocycles. The average molecular weight is 601 g/mol. The molecule has 14 heteroatoms. The average Bonchev–Trinajstić information content (AvgIpc) is 3.71. The number of fused-ring (bicyclic) bond motifs is 1. The van der Waals surface area contributed by atoms with Crippen LogP contribution in [0.4, 0.5) is 5.82 Å². The van der Waals surface area contributed by atoms with Crippen LogP contribution in [0, 0.1) is 23.2 Å². The highest BCUT2D eigenvalue weighted by Crippen LogP contribution is 2.42. The van der Waals surface area contributed by atoms with Crippen LogP contribution in [0.1, 0.15) is 65.5 Å². The van der Waals surface area contributed by atoms with E-state index in [9.17, 15) is 24.8 Å². The molecule has 1 saturated carbocycles. The number of ether oxygens (including phenoxy) is 4. The third kappa shape index (κ3) is 6.50. The second kappa shape index (κ2) is 12.9. The van der Waals surface area contributed by atoms with Gasteiger partial charge in [-0.25, -0.2) is 9.50 Å². The molecule has 1 amide bonds. The molecule has 2 aliphatic rings. The standard InChI is InChI=1S/C29H40N6O8/c1-16(2)22(31)26(38)42-23-19(13-41-21(36)12-17-8-6-7-9-17)43-29(14-30,24(23)37)20-11-10-18-25(32-15-33-35(18)20)34-27(39)28(3,4)40-5/h10-11,15-17,19,22-24,37H,6-9,12-13,31H2,1-5H3,(H,32,33,34,39)/t19-,22+,23-,24-,29+/m1/s1. The summed E-state index contributed by atoms with van der Waals surface area (Å²) in [5.74, 6) is -1.61. The summed E-state index contributed by atoms with van der Waals surface area (Å²) in [5.41, 5.74) is 3.10. The summed E-state index contributed by atoms with van der Waals surface area (Å²) < 4.78 is 23.8. The van der Waals surface area contributed by atoms with E-state index >= 15 is 0 Å². The fraction of sp³-hybridized carbons (Fsp3) is 0.655. The summed E-state index contributed by atoms with van der Waals surface area (Å²) >= 11 is 0. The Labute approximate surface area is 249 Å². The molecule has 5 atom stereocenters. The Kier molecular flexibility index (Phi) is 9.70. The molecule has 0 unspecified atom stereocenters. The predicted octanol–water partition coefficient (Wildman–Crippen LogP) is 1.59. The van der Waals surface area contributed by atoms with E-state index < -0.39 is 53.4 Å². The third-order valence-electron chi connectivity index (χ3n) is 8.30. The van der Waals surface area contributed by atoms with Crippen molar-refractivity contribution in [3.05, 3.63) is 24.2 Å². The first-order valence-electron chi connectivity index (χ1n) is 14.4. The van der Waals surface area contributed by atoms with E-state index in [1.165, 1.54) is 24.0 Å². The minimum atomic E-state index is -2.11. The van der Waals surface area contributed by atoms with Crippen LogP contribution in [0.5, 0.6) is 0 Å². The number of nitrogens with two attached hydrogens (primary N) is 1. The highest BCUT2D eigenvalue weighted by atomic mass is 16.6. The van der Waals surface area contributed by atoms with Crippen LogP contribution in [0.25, 0.3) is 5.52 Å². The first kappa shape index (κ1) is 32.3. The summed E-state index contributed by atoms with van der Waals surface area (Å²) in [6, 6.07) is 4.06. The number of hydrogen-bond acceptors (Lipinski definition) is 12.